The minimum absolute atomic E-state index is 0.124. The number of hydrogen-bond donors (Lipinski definition) is 0. The summed E-state index contributed by atoms with van der Waals surface area (Å²) in [5, 5.41) is 0. The molecule has 2 aromatic carbocycles. The van der Waals surface area contributed by atoms with Gasteiger partial charge >= 0.3 is 0 Å². The zero-order valence-electron chi connectivity index (χ0n) is 16.3. The average Bonchev–Trinajstić information content (AvgIpc) is 2.95. The number of nitrogens with zero attached hydrogens (tertiary/aromatic N) is 2. The van der Waals surface area contributed by atoms with Crippen molar-refractivity contribution in [1.29, 1.82) is 0 Å². The van der Waals surface area contributed by atoms with Crippen LogP contribution in [-0.2, 0) is 4.79 Å². The second kappa shape index (κ2) is 8.67. The van der Waals surface area contributed by atoms with Gasteiger partial charge in [-0.25, -0.2) is 0 Å². The third-order valence-electron chi connectivity index (χ3n) is 4.20. The summed E-state index contributed by atoms with van der Waals surface area (Å²) in [5.74, 6) is 1.18. The summed E-state index contributed by atoms with van der Waals surface area (Å²) in [6.45, 7) is 2.45. The number of thioether (sulfide) groups is 1. The van der Waals surface area contributed by atoms with Gasteiger partial charge in [-0.1, -0.05) is 30.0 Å². The highest BCUT2D eigenvalue weighted by molar-refractivity contribution is 8.27. The maximum absolute atomic E-state index is 13.0. The molecule has 0 aromatic heterocycles. The topological polar surface area (TPSA) is 42.0 Å². The fraction of sp³-hybridized carbons (Fsp3) is 0.238. The van der Waals surface area contributed by atoms with E-state index in [2.05, 4.69) is 0 Å². The van der Waals surface area contributed by atoms with E-state index in [0.29, 0.717) is 27.3 Å². The van der Waals surface area contributed by atoms with Gasteiger partial charge in [0.2, 0.25) is 0 Å². The van der Waals surface area contributed by atoms with Crippen molar-refractivity contribution in [3.8, 4) is 11.5 Å². The summed E-state index contributed by atoms with van der Waals surface area (Å²) in [6, 6.07) is 13.3. The zero-order chi connectivity index (χ0) is 20.3. The van der Waals surface area contributed by atoms with E-state index in [1.54, 1.807) is 12.0 Å². The highest BCUT2D eigenvalue weighted by atomic mass is 32.2. The quantitative estimate of drug-likeness (QED) is 0.510. The lowest BCUT2D eigenvalue weighted by molar-refractivity contribution is -0.113. The summed E-state index contributed by atoms with van der Waals surface area (Å²) in [6.07, 6.45) is 1.83. The van der Waals surface area contributed by atoms with Crippen LogP contribution in [-0.4, -0.2) is 38.0 Å². The predicted octanol–water partition coefficient (Wildman–Crippen LogP) is 4.57. The van der Waals surface area contributed by atoms with E-state index >= 15 is 0 Å². The molecule has 0 saturated carbocycles. The molecule has 0 unspecified atom stereocenters. The van der Waals surface area contributed by atoms with Crippen LogP contribution in [0.2, 0.25) is 0 Å². The van der Waals surface area contributed by atoms with Crippen molar-refractivity contribution in [3.63, 3.8) is 0 Å². The minimum Gasteiger partial charge on any atom is -0.493 e. The fourth-order valence-electron chi connectivity index (χ4n) is 2.79. The maximum atomic E-state index is 13.0. The predicted molar refractivity (Wildman–Crippen MR) is 121 cm³/mol. The van der Waals surface area contributed by atoms with E-state index in [1.165, 1.54) is 11.8 Å². The van der Waals surface area contributed by atoms with Gasteiger partial charge in [-0.05, 0) is 55.0 Å². The molecule has 3 rings (SSSR count). The third kappa shape index (κ3) is 4.15. The van der Waals surface area contributed by atoms with Crippen LogP contribution >= 0.6 is 24.0 Å². The van der Waals surface area contributed by atoms with E-state index in [-0.39, 0.29) is 5.91 Å². The Morgan fingerprint density at radius 2 is 1.86 bits per heavy atom. The smallest absolute Gasteiger partial charge is 0.270 e. The van der Waals surface area contributed by atoms with Gasteiger partial charge in [-0.15, -0.1) is 0 Å². The Morgan fingerprint density at radius 3 is 2.46 bits per heavy atom. The molecule has 0 aliphatic carbocycles. The van der Waals surface area contributed by atoms with Gasteiger partial charge in [0, 0.05) is 19.8 Å². The van der Waals surface area contributed by atoms with Crippen LogP contribution in [0.4, 0.5) is 11.4 Å². The SMILES string of the molecule is CCOc1cc(/C=C2/SC(=S)N(c3ccc(N(C)C)cc3)C2=O)ccc1OC. The van der Waals surface area contributed by atoms with Gasteiger partial charge in [0.15, 0.2) is 15.8 Å². The van der Waals surface area contributed by atoms with Crippen molar-refractivity contribution in [2.45, 2.75) is 6.92 Å². The van der Waals surface area contributed by atoms with Crippen LogP contribution in [0.25, 0.3) is 6.08 Å². The van der Waals surface area contributed by atoms with Gasteiger partial charge in [0.1, 0.15) is 0 Å². The first-order chi connectivity index (χ1) is 13.4. The van der Waals surface area contributed by atoms with Crippen molar-refractivity contribution in [3.05, 3.63) is 52.9 Å². The molecule has 0 bridgehead atoms. The lowest BCUT2D eigenvalue weighted by Crippen LogP contribution is -2.27. The standard InChI is InChI=1S/C21H22N2O3S2/c1-5-26-18-12-14(6-11-17(18)25-4)13-19-20(24)23(21(27)28-19)16-9-7-15(8-10-16)22(2)3/h6-13H,5H2,1-4H3/b19-13+. The Morgan fingerprint density at radius 1 is 1.14 bits per heavy atom. The highest BCUT2D eigenvalue weighted by Gasteiger charge is 2.33. The molecule has 1 saturated heterocycles. The number of ether oxygens (including phenoxy) is 2. The number of amides is 1. The second-order valence-electron chi connectivity index (χ2n) is 6.27. The molecule has 28 heavy (non-hydrogen) atoms. The first-order valence-electron chi connectivity index (χ1n) is 8.80. The monoisotopic (exact) mass is 414 g/mol. The Balaban J connectivity index is 1.87. The number of carbonyl (C=O) groups is 1. The Kier molecular flexibility index (Phi) is 6.26. The van der Waals surface area contributed by atoms with Crippen LogP contribution in [0.1, 0.15) is 12.5 Å². The van der Waals surface area contributed by atoms with Crippen molar-refractivity contribution in [1.82, 2.24) is 0 Å². The Bertz CT molecular complexity index is 924. The number of benzene rings is 2. The molecular formula is C21H22N2O3S2. The minimum atomic E-state index is -0.124. The van der Waals surface area contributed by atoms with E-state index in [9.17, 15) is 4.79 Å². The fourth-order valence-corrected chi connectivity index (χ4v) is 4.09. The normalized spacial score (nSPS) is 15.3. The van der Waals surface area contributed by atoms with Crippen LogP contribution in [0, 0.1) is 0 Å². The average molecular weight is 415 g/mol. The van der Waals surface area contributed by atoms with Crippen LogP contribution < -0.4 is 19.3 Å². The molecule has 0 radical (unpaired) electrons. The Hall–Kier alpha value is -2.51. The van der Waals surface area contributed by atoms with Gasteiger partial charge < -0.3 is 14.4 Å². The molecule has 1 aliphatic rings. The molecule has 1 heterocycles. The molecule has 1 amide bonds. The summed E-state index contributed by atoms with van der Waals surface area (Å²) in [5.41, 5.74) is 2.68. The third-order valence-corrected chi connectivity index (χ3v) is 5.51. The number of anilines is 2. The first kappa shape index (κ1) is 20.2. The van der Waals surface area contributed by atoms with E-state index in [4.69, 9.17) is 21.7 Å². The van der Waals surface area contributed by atoms with E-state index < -0.39 is 0 Å². The number of thiocarbonyl (C=S) groups is 1. The lowest BCUT2D eigenvalue weighted by Gasteiger charge is -2.17. The van der Waals surface area contributed by atoms with Gasteiger partial charge in [-0.3, -0.25) is 9.69 Å². The molecule has 0 spiro atoms. The molecule has 2 aromatic rings. The summed E-state index contributed by atoms with van der Waals surface area (Å²) >= 11 is 6.75. The molecule has 5 nitrogen and oxygen atoms in total. The van der Waals surface area contributed by atoms with Gasteiger partial charge in [-0.2, -0.15) is 0 Å². The summed E-state index contributed by atoms with van der Waals surface area (Å²) < 4.78 is 11.4. The van der Waals surface area contributed by atoms with Crippen molar-refractivity contribution < 1.29 is 14.3 Å². The van der Waals surface area contributed by atoms with Crippen molar-refractivity contribution in [2.24, 2.45) is 0 Å². The number of rotatable bonds is 6. The molecule has 146 valence electrons. The van der Waals surface area contributed by atoms with Crippen LogP contribution in [0.15, 0.2) is 47.4 Å². The van der Waals surface area contributed by atoms with E-state index in [0.717, 1.165) is 16.9 Å². The summed E-state index contributed by atoms with van der Waals surface area (Å²) in [7, 11) is 5.55. The molecular weight excluding hydrogens is 392 g/mol. The lowest BCUT2D eigenvalue weighted by atomic mass is 10.1. The molecule has 7 heteroatoms. The maximum Gasteiger partial charge on any atom is 0.270 e. The molecule has 0 N–H and O–H groups in total. The molecule has 1 aliphatic heterocycles. The number of carbonyl (C=O) groups excluding carboxylic acids is 1. The first-order valence-corrected chi connectivity index (χ1v) is 10.0. The zero-order valence-corrected chi connectivity index (χ0v) is 17.9. The van der Waals surface area contributed by atoms with Crippen molar-refractivity contribution in [2.75, 3.05) is 37.6 Å². The highest BCUT2D eigenvalue weighted by Crippen LogP contribution is 2.37. The summed E-state index contributed by atoms with van der Waals surface area (Å²) in [4.78, 5) is 17.1. The Labute approximate surface area is 174 Å². The van der Waals surface area contributed by atoms with Crippen LogP contribution in [0.5, 0.6) is 11.5 Å². The van der Waals surface area contributed by atoms with Crippen LogP contribution in [0.3, 0.4) is 0 Å². The number of hydrogen-bond acceptors (Lipinski definition) is 6. The van der Waals surface area contributed by atoms with Gasteiger partial charge in [0.25, 0.3) is 5.91 Å². The van der Waals surface area contributed by atoms with E-state index in [1.807, 2.05) is 74.5 Å². The second-order valence-corrected chi connectivity index (χ2v) is 7.95. The van der Waals surface area contributed by atoms with Gasteiger partial charge in [0.05, 0.1) is 24.3 Å². The molecule has 1 fully saturated rings. The molecule has 0 atom stereocenters. The van der Waals surface area contributed by atoms with Crippen molar-refractivity contribution >= 4 is 51.7 Å². The largest absolute Gasteiger partial charge is 0.493 e. The number of methoxy groups -OCH3 is 1.